The minimum absolute atomic E-state index is 0.00857. The van der Waals surface area contributed by atoms with E-state index < -0.39 is 34.3 Å². The van der Waals surface area contributed by atoms with Crippen LogP contribution in [0.3, 0.4) is 0 Å². The van der Waals surface area contributed by atoms with Gasteiger partial charge < -0.3 is 58.7 Å². The Balaban J connectivity index is 0.000000321. The summed E-state index contributed by atoms with van der Waals surface area (Å²) < 4.78 is 39.6. The molecule has 2 aromatic carbocycles. The number of phenols is 1. The van der Waals surface area contributed by atoms with Gasteiger partial charge in [0.15, 0.2) is 0 Å². The van der Waals surface area contributed by atoms with Gasteiger partial charge in [0.25, 0.3) is 0 Å². The average molecular weight is 1910 g/mol. The molecular weight excluding hydrogens is 1720 g/mol. The van der Waals surface area contributed by atoms with Gasteiger partial charge in [-0.1, -0.05) is 174 Å². The Labute approximate surface area is 821 Å². The van der Waals surface area contributed by atoms with Crippen LogP contribution in [0, 0.1) is 110 Å². The summed E-state index contributed by atoms with van der Waals surface area (Å²) in [5.74, 6) is 3.08. The topological polar surface area (TPSA) is 336 Å². The fraction of sp³-hybridized carbons (Fsp3) is 0.825. The molecule has 13 atom stereocenters. The number of carboxylic acids is 3. The summed E-state index contributed by atoms with van der Waals surface area (Å²) in [6.45, 7) is 60.8. The van der Waals surface area contributed by atoms with Crippen molar-refractivity contribution < 1.29 is 107 Å². The largest absolute Gasteiger partial charge is 0.507 e. The number of carbonyl (C=O) groups is 10. The number of fused-ring (bicyclic) bond motifs is 2. The molecule has 12 aliphatic carbocycles. The fourth-order valence-corrected chi connectivity index (χ4v) is 20.8. The van der Waals surface area contributed by atoms with Gasteiger partial charge in [-0.2, -0.15) is 0 Å². The smallest absolute Gasteiger partial charge is 0.312 e. The molecule has 22 nitrogen and oxygen atoms in total. The monoisotopic (exact) mass is 1910 g/mol. The first-order valence-electron chi connectivity index (χ1n) is 53.3. The molecule has 780 valence electrons. The van der Waals surface area contributed by atoms with Crippen molar-refractivity contribution in [2.24, 2.45) is 110 Å². The molecule has 0 radical (unpaired) electrons. The van der Waals surface area contributed by atoms with Crippen molar-refractivity contribution in [3.05, 3.63) is 42.0 Å². The van der Waals surface area contributed by atoms with Crippen LogP contribution in [-0.2, 0) is 81.1 Å². The molecule has 0 aromatic heterocycles. The SMILES string of the molecule is CCC(C)(C)C(=O)O.CCC(C)(C)C(=O)OC(C)(C)C12CC3CC(CC(C3)C1)C2.CCC(C)(C)C(=O)OC1C2CC3C(=O)OC1C3C2.CCC(C)(C)C(=O)OC1CCCCC1.CCC(C)C(=O)O.CCC(C)C(=O)O.CCC(C)C(=O)OC(C)(C)C1CCCCC1.CCC(C)C(=O)OC(C)(C)CC.CCC(C)C(=O)OC12CC3CC(CC(O)(C3)C1)C2.CCC(C)c1cccc2c(O)cccc12. The molecule has 15 rings (SSSR count). The summed E-state index contributed by atoms with van der Waals surface area (Å²) >= 11 is 0. The van der Waals surface area contributed by atoms with Gasteiger partial charge in [-0.15, -0.1) is 0 Å². The summed E-state index contributed by atoms with van der Waals surface area (Å²) in [6, 6.07) is 11.9. The number of phenolic OH excluding ortho intramolecular Hbond substituents is 1. The molecule has 2 aromatic rings. The Morgan fingerprint density at radius 1 is 0.441 bits per heavy atom. The van der Waals surface area contributed by atoms with Gasteiger partial charge in [-0.25, -0.2) is 0 Å². The number of aliphatic hydroxyl groups is 1. The molecule has 0 amide bonds. The molecule has 5 N–H and O–H groups in total. The average Bonchev–Trinajstić information content (AvgIpc) is 1.60. The highest BCUT2D eigenvalue weighted by Gasteiger charge is 2.65. The van der Waals surface area contributed by atoms with E-state index in [-0.39, 0.29) is 134 Å². The standard InChI is InChI=1S/C19H32O2.C15H24O3.C14H20O4.C14H26O2.C14H16O.C12H22O2.C10H20O2.C6H12O2.2C5H10O2/c1-6-17(2,3)16(20)21-18(4,5)19-10-13-7-14(11-19)9-15(8-13)12-19;1-3-10(2)13(16)18-15-7-11-4-12(8-15)6-14(17,5-11)9-15;1-4-14(2,3)13(16)18-10-7-5-8-9(6-7)12(15)17-11(8)10;1-5-11(2)13(15)16-14(3,4)12-9-7-6-8-10-12;1-3-10(2)11-6-4-8-13-12(11)7-5-9-14(13)15;1-4-12(2,3)11(13)14-10-8-6-5-7-9-10;1-6-8(3)9(11)12-10(4,5)7-2;1-4-6(2,3)5(7)8;2*1-3-4(2)5(6)7/h13-15H,6-12H2,1-5H3;10-12,17H,3-9H2,1-2H3;7-11H,4-6H2,1-3H3;11-12H,5-10H2,1-4H3;4-10,15H,3H2,1-2H3;10H,4-9H2,1-3H3;8H,6-7H2,1-5H3;4H2,1-3H3,(H,7,8);2*4H,3H2,1-2H3,(H,6,7). The van der Waals surface area contributed by atoms with E-state index in [1.54, 1.807) is 33.8 Å². The van der Waals surface area contributed by atoms with Crippen molar-refractivity contribution in [3.8, 4) is 5.75 Å². The van der Waals surface area contributed by atoms with Crippen molar-refractivity contribution in [3.63, 3.8) is 0 Å². The molecule has 1 saturated heterocycles. The van der Waals surface area contributed by atoms with Gasteiger partial charge in [-0.3, -0.25) is 47.9 Å². The van der Waals surface area contributed by atoms with Crippen LogP contribution < -0.4 is 0 Å². The first-order chi connectivity index (χ1) is 63.1. The lowest BCUT2D eigenvalue weighted by atomic mass is 9.46. The number of aromatic hydroxyl groups is 1. The fourth-order valence-electron chi connectivity index (χ4n) is 20.8. The molecule has 12 saturated carbocycles. The summed E-state index contributed by atoms with van der Waals surface area (Å²) in [6.07, 6.45) is 36.7. The van der Waals surface area contributed by atoms with Crippen LogP contribution in [0.2, 0.25) is 0 Å². The van der Waals surface area contributed by atoms with Crippen LogP contribution in [0.1, 0.15) is 451 Å². The van der Waals surface area contributed by atoms with Crippen molar-refractivity contribution in [1.29, 1.82) is 0 Å². The lowest BCUT2D eigenvalue weighted by Crippen LogP contribution is -2.60. The van der Waals surface area contributed by atoms with E-state index in [4.69, 9.17) is 48.5 Å². The van der Waals surface area contributed by atoms with E-state index in [1.165, 1.54) is 107 Å². The maximum absolute atomic E-state index is 12.6. The molecule has 13 fully saturated rings. The second-order valence-corrected chi connectivity index (χ2v) is 47.2. The van der Waals surface area contributed by atoms with Gasteiger partial charge in [0, 0.05) is 29.1 Å². The number of benzene rings is 2. The second-order valence-electron chi connectivity index (χ2n) is 47.2. The van der Waals surface area contributed by atoms with Crippen molar-refractivity contribution in [2.75, 3.05) is 0 Å². The zero-order chi connectivity index (χ0) is 103. The quantitative estimate of drug-likeness (QED) is 0.0373. The van der Waals surface area contributed by atoms with E-state index in [1.807, 2.05) is 157 Å². The molecule has 136 heavy (non-hydrogen) atoms. The number of hydrogen-bond donors (Lipinski definition) is 5. The molecule has 1 heterocycles. The molecule has 0 spiro atoms. The highest BCUT2D eigenvalue weighted by molar-refractivity contribution is 5.91. The van der Waals surface area contributed by atoms with E-state index in [2.05, 4.69) is 60.6 Å². The Hall–Kier alpha value is -6.84. The van der Waals surface area contributed by atoms with Crippen molar-refractivity contribution >= 4 is 70.5 Å². The van der Waals surface area contributed by atoms with Crippen LogP contribution in [0.15, 0.2) is 36.4 Å². The Bertz CT molecular complexity index is 4020. The third-order valence-electron chi connectivity index (χ3n) is 33.6. The molecule has 22 heteroatoms. The zero-order valence-electron chi connectivity index (χ0n) is 90.8. The number of esters is 7. The Morgan fingerprint density at radius 2 is 0.860 bits per heavy atom. The van der Waals surface area contributed by atoms with Crippen LogP contribution in [0.25, 0.3) is 10.8 Å². The van der Waals surface area contributed by atoms with E-state index >= 15 is 0 Å². The van der Waals surface area contributed by atoms with E-state index in [9.17, 15) is 58.2 Å². The lowest BCUT2D eigenvalue weighted by Gasteiger charge is -2.61. The number of carbonyl (C=O) groups excluding carboxylic acids is 7. The lowest BCUT2D eigenvalue weighted by molar-refractivity contribution is -0.222. The third-order valence-corrected chi connectivity index (χ3v) is 33.6. The van der Waals surface area contributed by atoms with Crippen LogP contribution in [0.5, 0.6) is 5.75 Å². The molecule has 1 aliphatic heterocycles. The zero-order valence-corrected chi connectivity index (χ0v) is 90.8. The summed E-state index contributed by atoms with van der Waals surface area (Å²) in [4.78, 5) is 113. The van der Waals surface area contributed by atoms with Crippen LogP contribution >= 0.6 is 0 Å². The maximum atomic E-state index is 12.6. The highest BCUT2D eigenvalue weighted by Crippen LogP contribution is 2.65. The Kier molecular flexibility index (Phi) is 47.6. The third kappa shape index (κ3) is 35.1. The molecule has 10 bridgehead atoms. The molecular formula is C114H192O22. The van der Waals surface area contributed by atoms with Gasteiger partial charge in [-0.05, 0) is 348 Å². The van der Waals surface area contributed by atoms with Crippen molar-refractivity contribution in [1.82, 2.24) is 0 Å². The molecule has 13 unspecified atom stereocenters. The maximum Gasteiger partial charge on any atom is 0.312 e. The number of ether oxygens (including phenoxy) is 7. The van der Waals surface area contributed by atoms with Crippen molar-refractivity contribution in [2.45, 2.75) is 492 Å². The minimum atomic E-state index is -0.722. The summed E-state index contributed by atoms with van der Waals surface area (Å²) in [5.41, 5.74) is -1.86. The first-order valence-corrected chi connectivity index (χ1v) is 53.3. The minimum Gasteiger partial charge on any atom is -0.507 e. The van der Waals surface area contributed by atoms with Gasteiger partial charge >= 0.3 is 59.7 Å². The van der Waals surface area contributed by atoms with Gasteiger partial charge in [0.1, 0.15) is 46.5 Å². The second kappa shape index (κ2) is 53.3. The summed E-state index contributed by atoms with van der Waals surface area (Å²) in [5, 5.41) is 47.3. The number of aliphatic carboxylic acids is 3. The van der Waals surface area contributed by atoms with E-state index in [0.29, 0.717) is 54.1 Å². The normalized spacial score (nSPS) is 26.8. The van der Waals surface area contributed by atoms with Crippen LogP contribution in [-0.4, -0.2) is 132 Å². The number of hydrogen-bond acceptors (Lipinski definition) is 19. The summed E-state index contributed by atoms with van der Waals surface area (Å²) in [7, 11) is 0. The molecule has 13 aliphatic rings. The predicted octanol–water partition coefficient (Wildman–Crippen LogP) is 27.3. The number of rotatable bonds is 29. The first kappa shape index (κ1) is 121. The highest BCUT2D eigenvalue weighted by atomic mass is 16.6. The van der Waals surface area contributed by atoms with Gasteiger partial charge in [0.05, 0.1) is 62.8 Å². The van der Waals surface area contributed by atoms with Crippen LogP contribution in [0.4, 0.5) is 0 Å². The van der Waals surface area contributed by atoms with E-state index in [0.717, 1.165) is 139 Å². The Morgan fingerprint density at radius 3 is 1.27 bits per heavy atom. The van der Waals surface area contributed by atoms with Gasteiger partial charge in [0.2, 0.25) is 0 Å². The predicted molar refractivity (Wildman–Crippen MR) is 540 cm³/mol. The number of carboxylic acid groups (broad SMARTS) is 3.